The van der Waals surface area contributed by atoms with Gasteiger partial charge < -0.3 is 24.8 Å². The molecule has 2 N–H and O–H groups in total. The molecule has 3 aromatic rings. The molecular weight excluding hydrogens is 524 g/mol. The summed E-state index contributed by atoms with van der Waals surface area (Å²) in [6.07, 6.45) is -0.589. The minimum atomic E-state index is -1.44. The summed E-state index contributed by atoms with van der Waals surface area (Å²) in [5.74, 6) is -2.71. The fourth-order valence-corrected chi connectivity index (χ4v) is 5.67. The number of carbonyl (C=O) groups is 4. The van der Waals surface area contributed by atoms with E-state index < -0.39 is 41.9 Å². The minimum absolute atomic E-state index is 0.00207. The van der Waals surface area contributed by atoms with E-state index in [2.05, 4.69) is 5.32 Å². The molecule has 212 valence electrons. The Kier molecular flexibility index (Phi) is 8.05. The number of nitrogens with zero attached hydrogens (tertiary/aromatic N) is 1. The van der Waals surface area contributed by atoms with Crippen molar-refractivity contribution >= 4 is 23.9 Å². The number of carboxylic acids is 1. The van der Waals surface area contributed by atoms with Crippen molar-refractivity contribution in [1.29, 1.82) is 0 Å². The molecule has 2 atom stereocenters. The molecule has 0 radical (unpaired) electrons. The lowest BCUT2D eigenvalue weighted by molar-refractivity contribution is -0.157. The molecule has 2 amide bonds. The maximum atomic E-state index is 13.6. The van der Waals surface area contributed by atoms with E-state index in [0.717, 1.165) is 27.8 Å². The van der Waals surface area contributed by atoms with E-state index in [1.165, 1.54) is 11.8 Å². The van der Waals surface area contributed by atoms with Gasteiger partial charge in [0.15, 0.2) is 0 Å². The lowest BCUT2D eigenvalue weighted by Gasteiger charge is -2.33. The predicted molar refractivity (Wildman–Crippen MR) is 150 cm³/mol. The maximum absolute atomic E-state index is 13.6. The van der Waals surface area contributed by atoms with Crippen LogP contribution in [0.4, 0.5) is 4.79 Å². The highest BCUT2D eigenvalue weighted by Crippen LogP contribution is 2.44. The smallest absolute Gasteiger partial charge is 0.407 e. The minimum Gasteiger partial charge on any atom is -0.480 e. The Morgan fingerprint density at radius 2 is 1.54 bits per heavy atom. The standard InChI is InChI=1S/C32H32N2O7/c1-32(30(37)38)16-9-17-34(32)29(36)27(18-28(35)40-19-21-10-3-2-4-11-21)33-31(39)41-20-26-24-14-7-5-12-22(24)23-13-6-8-15-25(23)26/h2-8,10-15,26-27H,9,16-20H2,1H3,(H,33,39)(H,37,38)/t27-,32-/m0/s1. The van der Waals surface area contributed by atoms with Gasteiger partial charge in [-0.25, -0.2) is 9.59 Å². The van der Waals surface area contributed by atoms with Crippen molar-refractivity contribution in [1.82, 2.24) is 10.2 Å². The Bertz CT molecular complexity index is 1410. The topological polar surface area (TPSA) is 122 Å². The van der Waals surface area contributed by atoms with Crippen LogP contribution in [0.1, 0.15) is 48.8 Å². The zero-order chi connectivity index (χ0) is 29.0. The first kappa shape index (κ1) is 27.9. The number of hydrogen-bond donors (Lipinski definition) is 2. The van der Waals surface area contributed by atoms with E-state index in [1.54, 1.807) is 12.1 Å². The van der Waals surface area contributed by atoms with Crippen LogP contribution in [-0.4, -0.2) is 58.7 Å². The average Bonchev–Trinajstić information content (AvgIpc) is 3.53. The average molecular weight is 557 g/mol. The maximum Gasteiger partial charge on any atom is 0.407 e. The second-order valence-corrected chi connectivity index (χ2v) is 10.5. The largest absolute Gasteiger partial charge is 0.480 e. The number of carboxylic acid groups (broad SMARTS) is 1. The second kappa shape index (κ2) is 11.8. The first-order valence-corrected chi connectivity index (χ1v) is 13.6. The van der Waals surface area contributed by atoms with Crippen LogP contribution in [0, 0.1) is 0 Å². The predicted octanol–water partition coefficient (Wildman–Crippen LogP) is 4.49. The molecular formula is C32H32N2O7. The Morgan fingerprint density at radius 1 is 0.927 bits per heavy atom. The van der Waals surface area contributed by atoms with Crippen LogP contribution in [0.15, 0.2) is 78.9 Å². The molecule has 5 rings (SSSR count). The number of amides is 2. The third kappa shape index (κ3) is 5.79. The number of hydrogen-bond acceptors (Lipinski definition) is 6. The summed E-state index contributed by atoms with van der Waals surface area (Å²) >= 11 is 0. The van der Waals surface area contributed by atoms with Crippen LogP contribution >= 0.6 is 0 Å². The van der Waals surface area contributed by atoms with Gasteiger partial charge in [-0.05, 0) is 47.6 Å². The van der Waals surface area contributed by atoms with Gasteiger partial charge >= 0.3 is 18.0 Å². The van der Waals surface area contributed by atoms with Crippen molar-refractivity contribution in [3.8, 4) is 11.1 Å². The number of ether oxygens (including phenoxy) is 2. The monoisotopic (exact) mass is 556 g/mol. The number of benzene rings is 3. The highest BCUT2D eigenvalue weighted by Gasteiger charge is 2.48. The summed E-state index contributed by atoms with van der Waals surface area (Å²) in [6, 6.07) is 23.5. The third-order valence-electron chi connectivity index (χ3n) is 7.92. The number of fused-ring (bicyclic) bond motifs is 3. The van der Waals surface area contributed by atoms with Crippen molar-refractivity contribution in [2.24, 2.45) is 0 Å². The molecule has 2 aliphatic rings. The van der Waals surface area contributed by atoms with Crippen LogP contribution in [0.5, 0.6) is 0 Å². The molecule has 0 spiro atoms. The van der Waals surface area contributed by atoms with E-state index in [0.29, 0.717) is 6.42 Å². The van der Waals surface area contributed by atoms with Gasteiger partial charge in [0, 0.05) is 12.5 Å². The van der Waals surface area contributed by atoms with E-state index in [4.69, 9.17) is 9.47 Å². The quantitative estimate of drug-likeness (QED) is 0.372. The third-order valence-corrected chi connectivity index (χ3v) is 7.92. The molecule has 1 aliphatic carbocycles. The van der Waals surface area contributed by atoms with Gasteiger partial charge in [-0.1, -0.05) is 78.9 Å². The van der Waals surface area contributed by atoms with E-state index in [9.17, 15) is 24.3 Å². The van der Waals surface area contributed by atoms with Crippen molar-refractivity contribution in [3.63, 3.8) is 0 Å². The van der Waals surface area contributed by atoms with Crippen LogP contribution in [-0.2, 0) is 30.5 Å². The normalized spacial score (nSPS) is 18.2. The number of carbonyl (C=O) groups excluding carboxylic acids is 3. The van der Waals surface area contributed by atoms with E-state index in [-0.39, 0.29) is 32.1 Å². The molecule has 1 heterocycles. The summed E-state index contributed by atoms with van der Waals surface area (Å²) in [4.78, 5) is 52.6. The number of alkyl carbamates (subject to hydrolysis) is 1. The molecule has 9 nitrogen and oxygen atoms in total. The fourth-order valence-electron chi connectivity index (χ4n) is 5.67. The Balaban J connectivity index is 1.29. The van der Waals surface area contributed by atoms with Gasteiger partial charge in [0.25, 0.3) is 0 Å². The number of rotatable bonds is 9. The zero-order valence-electron chi connectivity index (χ0n) is 22.7. The molecule has 1 saturated heterocycles. The first-order chi connectivity index (χ1) is 19.8. The summed E-state index contributed by atoms with van der Waals surface area (Å²) in [6.45, 7) is 1.69. The molecule has 3 aromatic carbocycles. The number of esters is 1. The van der Waals surface area contributed by atoms with Gasteiger partial charge in [0.05, 0.1) is 6.42 Å². The molecule has 41 heavy (non-hydrogen) atoms. The van der Waals surface area contributed by atoms with E-state index >= 15 is 0 Å². The summed E-state index contributed by atoms with van der Waals surface area (Å²) in [5.41, 5.74) is 3.56. The molecule has 0 unspecified atom stereocenters. The molecule has 0 aromatic heterocycles. The van der Waals surface area contributed by atoms with Gasteiger partial charge in [0.2, 0.25) is 5.91 Å². The van der Waals surface area contributed by atoms with Crippen LogP contribution < -0.4 is 5.32 Å². The fraction of sp³-hybridized carbons (Fsp3) is 0.312. The van der Waals surface area contributed by atoms with Crippen LogP contribution in [0.3, 0.4) is 0 Å². The van der Waals surface area contributed by atoms with Gasteiger partial charge in [-0.3, -0.25) is 9.59 Å². The Labute approximate surface area is 238 Å². The summed E-state index contributed by atoms with van der Waals surface area (Å²) in [5, 5.41) is 12.3. The number of nitrogens with one attached hydrogen (secondary N) is 1. The van der Waals surface area contributed by atoms with Crippen molar-refractivity contribution in [2.75, 3.05) is 13.2 Å². The van der Waals surface area contributed by atoms with Gasteiger partial charge in [-0.2, -0.15) is 0 Å². The first-order valence-electron chi connectivity index (χ1n) is 13.6. The molecule has 0 bridgehead atoms. The Morgan fingerprint density at radius 3 is 2.17 bits per heavy atom. The van der Waals surface area contributed by atoms with Gasteiger partial charge in [0.1, 0.15) is 24.8 Å². The summed E-state index contributed by atoms with van der Waals surface area (Å²) < 4.78 is 11.0. The SMILES string of the molecule is C[C@@]1(C(=O)O)CCCN1C(=O)[C@H](CC(=O)OCc1ccccc1)NC(=O)OCC1c2ccccc2-c2ccccc21. The van der Waals surface area contributed by atoms with Crippen molar-refractivity contribution in [3.05, 3.63) is 95.6 Å². The molecule has 1 aliphatic heterocycles. The van der Waals surface area contributed by atoms with Crippen LogP contribution in [0.2, 0.25) is 0 Å². The second-order valence-electron chi connectivity index (χ2n) is 10.5. The molecule has 0 saturated carbocycles. The van der Waals surface area contributed by atoms with Crippen LogP contribution in [0.25, 0.3) is 11.1 Å². The number of likely N-dealkylation sites (tertiary alicyclic amines) is 1. The number of aliphatic carboxylic acids is 1. The van der Waals surface area contributed by atoms with Gasteiger partial charge in [-0.15, -0.1) is 0 Å². The van der Waals surface area contributed by atoms with Crippen molar-refractivity contribution < 1.29 is 33.8 Å². The highest BCUT2D eigenvalue weighted by atomic mass is 16.5. The lowest BCUT2D eigenvalue weighted by Crippen LogP contribution is -2.57. The molecule has 9 heteroatoms. The highest BCUT2D eigenvalue weighted by molar-refractivity contribution is 5.94. The zero-order valence-corrected chi connectivity index (χ0v) is 22.7. The van der Waals surface area contributed by atoms with Crippen molar-refractivity contribution in [2.45, 2.75) is 50.3 Å². The Hall–Kier alpha value is -4.66. The lowest BCUT2D eigenvalue weighted by atomic mass is 9.98. The molecule has 1 fully saturated rings. The summed E-state index contributed by atoms with van der Waals surface area (Å²) in [7, 11) is 0. The van der Waals surface area contributed by atoms with E-state index in [1.807, 2.05) is 66.7 Å².